The number of amides is 4. The van der Waals surface area contributed by atoms with Crippen molar-refractivity contribution in [2.24, 2.45) is 11.0 Å². The normalized spacial score (nSPS) is 15.4. The maximum absolute atomic E-state index is 13.3. The fourth-order valence-electron chi connectivity index (χ4n) is 3.77. The van der Waals surface area contributed by atoms with Crippen LogP contribution in [0.3, 0.4) is 0 Å². The maximum atomic E-state index is 13.3. The maximum Gasteiger partial charge on any atom is 0.353 e. The number of β-lactam (4-membered cyclic amide) rings is 1. The molecular formula is C26H28N8O8S2. The summed E-state index contributed by atoms with van der Waals surface area (Å²) in [5.74, 6) is 2.16. The molecule has 232 valence electrons. The first-order chi connectivity index (χ1) is 20.8. The van der Waals surface area contributed by atoms with Crippen molar-refractivity contribution in [3.05, 3.63) is 82.9 Å². The number of hydrogen-bond donors (Lipinski definition) is 5. The third-order valence-corrected chi connectivity index (χ3v) is 7.55. The van der Waals surface area contributed by atoms with Crippen molar-refractivity contribution in [3.63, 3.8) is 0 Å². The fourth-order valence-corrected chi connectivity index (χ4v) is 4.72. The van der Waals surface area contributed by atoms with Crippen LogP contribution in [0.1, 0.15) is 36.8 Å². The van der Waals surface area contributed by atoms with E-state index in [1.165, 1.54) is 28.8 Å². The van der Waals surface area contributed by atoms with Crippen LogP contribution in [0.15, 0.2) is 71.2 Å². The Kier molecular flexibility index (Phi) is 9.58. The molecule has 1 aliphatic heterocycles. The van der Waals surface area contributed by atoms with Gasteiger partial charge in [-0.2, -0.15) is 8.42 Å². The standard InChI is InChI=1S/C26H28N8O8S2/c1-26(2,23(37)41-20(15-9-5-3-6-10-15)16-11-7-4-8-12-16)42-31-19(18-14-43-24(27)30-18)21(35)29-17-13-34(22(17)36)25(38)32-44(39,40)33-28/h3-12,14,17,20,33H,13,28H2,1-2H3,(H2,27,30)(H,29,35)(H,32,38)/b31-19-. The number of nitrogens with zero attached hydrogens (tertiary/aromatic N) is 3. The first kappa shape index (κ1) is 32.0. The number of likely N-dealkylation sites (tertiary alicyclic amines) is 1. The highest BCUT2D eigenvalue weighted by molar-refractivity contribution is 7.88. The Morgan fingerprint density at radius 1 is 1.09 bits per heavy atom. The summed E-state index contributed by atoms with van der Waals surface area (Å²) >= 11 is 1.00. The van der Waals surface area contributed by atoms with Gasteiger partial charge in [-0.05, 0) is 25.0 Å². The van der Waals surface area contributed by atoms with Crippen LogP contribution in [0.2, 0.25) is 0 Å². The molecule has 1 unspecified atom stereocenters. The van der Waals surface area contributed by atoms with Gasteiger partial charge in [0.1, 0.15) is 11.7 Å². The zero-order valence-electron chi connectivity index (χ0n) is 23.3. The number of imide groups is 1. The molecule has 1 atom stereocenters. The molecule has 2 heterocycles. The number of nitrogens with two attached hydrogens (primary N) is 2. The molecule has 4 amide bonds. The van der Waals surface area contributed by atoms with Gasteiger partial charge in [0.25, 0.3) is 11.8 Å². The molecule has 3 aromatic rings. The van der Waals surface area contributed by atoms with Crippen LogP contribution in [-0.2, 0) is 34.2 Å². The minimum atomic E-state index is -4.36. The molecule has 2 aromatic carbocycles. The van der Waals surface area contributed by atoms with Crippen molar-refractivity contribution in [3.8, 4) is 0 Å². The molecule has 18 heteroatoms. The zero-order valence-corrected chi connectivity index (χ0v) is 24.9. The average Bonchev–Trinajstić information content (AvgIpc) is 3.43. The van der Waals surface area contributed by atoms with Crippen molar-refractivity contribution < 1.29 is 37.2 Å². The minimum Gasteiger partial charge on any atom is -0.450 e. The number of oxime groups is 1. The van der Waals surface area contributed by atoms with Crippen molar-refractivity contribution >= 4 is 56.2 Å². The molecule has 0 bridgehead atoms. The second-order valence-electron chi connectivity index (χ2n) is 9.72. The van der Waals surface area contributed by atoms with Crippen LogP contribution < -0.4 is 26.4 Å². The summed E-state index contributed by atoms with van der Waals surface area (Å²) in [5, 5.41) is 7.78. The number of nitrogens with one attached hydrogen (secondary N) is 3. The highest BCUT2D eigenvalue weighted by Crippen LogP contribution is 2.28. The van der Waals surface area contributed by atoms with Gasteiger partial charge < -0.3 is 20.6 Å². The lowest BCUT2D eigenvalue weighted by Gasteiger charge is -2.36. The predicted molar refractivity (Wildman–Crippen MR) is 157 cm³/mol. The smallest absolute Gasteiger partial charge is 0.353 e. The molecule has 1 fully saturated rings. The summed E-state index contributed by atoms with van der Waals surface area (Å²) in [7, 11) is -4.36. The Labute approximate surface area is 255 Å². The number of anilines is 1. The van der Waals surface area contributed by atoms with Crippen molar-refractivity contribution in [2.45, 2.75) is 31.6 Å². The number of benzene rings is 2. The number of aromatic nitrogens is 1. The van der Waals surface area contributed by atoms with Gasteiger partial charge in [0.05, 0.1) is 6.54 Å². The van der Waals surface area contributed by atoms with Gasteiger partial charge >= 0.3 is 22.2 Å². The van der Waals surface area contributed by atoms with Gasteiger partial charge in [-0.15, -0.1) is 16.2 Å². The largest absolute Gasteiger partial charge is 0.450 e. The summed E-state index contributed by atoms with van der Waals surface area (Å²) in [4.78, 5) is 62.5. The number of carbonyl (C=O) groups excluding carboxylic acids is 4. The van der Waals surface area contributed by atoms with E-state index in [0.29, 0.717) is 16.0 Å². The molecule has 0 aliphatic carbocycles. The molecule has 4 rings (SSSR count). The van der Waals surface area contributed by atoms with Gasteiger partial charge in [-0.1, -0.05) is 65.8 Å². The second-order valence-corrected chi connectivity index (χ2v) is 12.1. The molecule has 16 nitrogen and oxygen atoms in total. The number of ether oxygens (including phenoxy) is 1. The SMILES string of the molecule is CC(C)(O/N=C(\C(=O)NC1CN(C(=O)NS(=O)(=O)NN)C1=O)c1csc(N)n1)C(=O)OC(c1ccccc1)c1ccccc1. The molecular weight excluding hydrogens is 616 g/mol. The number of urea groups is 1. The quantitative estimate of drug-likeness (QED) is 0.0625. The number of nitrogen functional groups attached to an aromatic ring is 1. The van der Waals surface area contributed by atoms with Crippen LogP contribution in [0.4, 0.5) is 9.93 Å². The van der Waals surface area contributed by atoms with Gasteiger partial charge in [-0.25, -0.2) is 19.3 Å². The Morgan fingerprint density at radius 2 is 1.68 bits per heavy atom. The highest BCUT2D eigenvalue weighted by Gasteiger charge is 2.44. The molecule has 0 radical (unpaired) electrons. The van der Waals surface area contributed by atoms with Gasteiger partial charge in [0.2, 0.25) is 5.60 Å². The average molecular weight is 645 g/mol. The third kappa shape index (κ3) is 7.53. The lowest BCUT2D eigenvalue weighted by atomic mass is 10.0. The molecule has 1 aliphatic rings. The van der Waals surface area contributed by atoms with Crippen molar-refractivity contribution in [1.29, 1.82) is 0 Å². The van der Waals surface area contributed by atoms with Gasteiger partial charge in [0.15, 0.2) is 16.9 Å². The summed E-state index contributed by atoms with van der Waals surface area (Å²) in [6.45, 7) is 2.43. The number of carbonyl (C=O) groups is 4. The van der Waals surface area contributed by atoms with Crippen LogP contribution in [-0.4, -0.2) is 66.0 Å². The lowest BCUT2D eigenvalue weighted by molar-refractivity contribution is -0.172. The van der Waals surface area contributed by atoms with E-state index >= 15 is 0 Å². The van der Waals surface area contributed by atoms with E-state index < -0.39 is 57.5 Å². The van der Waals surface area contributed by atoms with E-state index in [9.17, 15) is 27.6 Å². The van der Waals surface area contributed by atoms with Crippen LogP contribution in [0.25, 0.3) is 0 Å². The molecule has 0 spiro atoms. The van der Waals surface area contributed by atoms with E-state index in [-0.39, 0.29) is 17.4 Å². The first-order valence-electron chi connectivity index (χ1n) is 12.8. The fraction of sp³-hybridized carbons (Fsp3) is 0.231. The van der Waals surface area contributed by atoms with E-state index in [1.54, 1.807) is 0 Å². The Bertz CT molecular complexity index is 1640. The van der Waals surface area contributed by atoms with Crippen LogP contribution >= 0.6 is 11.3 Å². The molecule has 1 aromatic heterocycles. The summed E-state index contributed by atoms with van der Waals surface area (Å²) in [6.07, 6.45) is -0.766. The number of rotatable bonds is 11. The third-order valence-electron chi connectivity index (χ3n) is 6.12. The topological polar surface area (TPSA) is 237 Å². The molecule has 0 saturated carbocycles. The highest BCUT2D eigenvalue weighted by atomic mass is 32.2. The molecule has 7 N–H and O–H groups in total. The number of hydrazine groups is 1. The molecule has 44 heavy (non-hydrogen) atoms. The number of esters is 1. The Morgan fingerprint density at radius 3 is 2.18 bits per heavy atom. The van der Waals surface area contributed by atoms with Crippen LogP contribution in [0.5, 0.6) is 0 Å². The number of hydrogen-bond acceptors (Lipinski definition) is 13. The first-order valence-corrected chi connectivity index (χ1v) is 15.1. The zero-order chi connectivity index (χ0) is 32.1. The van der Waals surface area contributed by atoms with Crippen molar-refractivity contribution in [1.82, 2.24) is 24.8 Å². The van der Waals surface area contributed by atoms with E-state index in [1.807, 2.05) is 60.7 Å². The summed E-state index contributed by atoms with van der Waals surface area (Å²) in [5.41, 5.74) is 5.01. The second kappa shape index (κ2) is 13.2. The lowest BCUT2D eigenvalue weighted by Crippen LogP contribution is -2.68. The minimum absolute atomic E-state index is 0.0119. The molecule has 1 saturated heterocycles. The van der Waals surface area contributed by atoms with Crippen molar-refractivity contribution in [2.75, 3.05) is 12.3 Å². The van der Waals surface area contributed by atoms with Crippen LogP contribution in [0, 0.1) is 0 Å². The van der Waals surface area contributed by atoms with E-state index in [2.05, 4.69) is 15.5 Å². The van der Waals surface area contributed by atoms with Gasteiger partial charge in [0, 0.05) is 5.38 Å². The Hall–Kier alpha value is -4.91. The van der Waals surface area contributed by atoms with E-state index in [4.69, 9.17) is 21.2 Å². The summed E-state index contributed by atoms with van der Waals surface area (Å²) in [6, 6.07) is 15.7. The predicted octanol–water partition coefficient (Wildman–Crippen LogP) is 0.302. The summed E-state index contributed by atoms with van der Waals surface area (Å²) < 4.78 is 30.2. The monoisotopic (exact) mass is 644 g/mol. The van der Waals surface area contributed by atoms with E-state index in [0.717, 1.165) is 11.3 Å². The Balaban J connectivity index is 1.49. The number of thiazole rings is 1. The van der Waals surface area contributed by atoms with Gasteiger partial charge in [-0.3, -0.25) is 20.3 Å².